The first-order valence-corrected chi connectivity index (χ1v) is 5.92. The molecule has 1 aromatic heterocycles. The average molecular weight is 222 g/mol. The predicted molar refractivity (Wildman–Crippen MR) is 66.3 cm³/mol. The summed E-state index contributed by atoms with van der Waals surface area (Å²) >= 11 is 0. The van der Waals surface area contributed by atoms with Crippen LogP contribution in [0.2, 0.25) is 0 Å². The number of hydrogen-bond acceptors (Lipinski definition) is 3. The van der Waals surface area contributed by atoms with E-state index in [0.29, 0.717) is 18.7 Å². The van der Waals surface area contributed by atoms with Gasteiger partial charge in [0.2, 0.25) is 0 Å². The Bertz CT molecular complexity index is 277. The van der Waals surface area contributed by atoms with Crippen LogP contribution in [-0.4, -0.2) is 23.7 Å². The first kappa shape index (κ1) is 13.1. The van der Waals surface area contributed by atoms with Gasteiger partial charge in [-0.2, -0.15) is 0 Å². The minimum Gasteiger partial charge on any atom is -0.261 e. The molecule has 0 fully saturated rings. The maximum atomic E-state index is 5.76. The second-order valence-electron chi connectivity index (χ2n) is 4.45. The summed E-state index contributed by atoms with van der Waals surface area (Å²) in [6.45, 7) is 9.25. The summed E-state index contributed by atoms with van der Waals surface area (Å²) < 4.78 is 0. The molecule has 0 aliphatic rings. The number of hydroxylamine groups is 2. The smallest absolute Gasteiger partial charge is 0.164 e. The predicted octanol–water partition coefficient (Wildman–Crippen LogP) is 2.51. The van der Waals surface area contributed by atoms with Crippen molar-refractivity contribution in [3.05, 3.63) is 30.1 Å². The summed E-state index contributed by atoms with van der Waals surface area (Å²) in [5.74, 6) is 0. The van der Waals surface area contributed by atoms with Gasteiger partial charge in [0, 0.05) is 18.3 Å². The third kappa shape index (κ3) is 4.29. The molecule has 1 aromatic rings. The molecular weight excluding hydrogens is 200 g/mol. The topological polar surface area (TPSA) is 28.0 Å². The van der Waals surface area contributed by atoms with Crippen molar-refractivity contribution in [3.63, 3.8) is 0 Å². The third-order valence-corrected chi connectivity index (χ3v) is 2.34. The molecule has 0 saturated heterocycles. The lowest BCUT2D eigenvalue weighted by Crippen LogP contribution is -2.43. The van der Waals surface area contributed by atoms with E-state index in [0.717, 1.165) is 12.1 Å². The summed E-state index contributed by atoms with van der Waals surface area (Å²) in [6.07, 6.45) is 2.68. The zero-order chi connectivity index (χ0) is 12.0. The van der Waals surface area contributed by atoms with Gasteiger partial charge in [-0.15, -0.1) is 4.84 Å². The van der Waals surface area contributed by atoms with E-state index in [-0.39, 0.29) is 0 Å². The standard InChI is InChI=1S/C13H22N2O/c1-11(2)15(12(3)4)16-10-8-13-7-5-6-9-14-13/h5-7,9,11-12H,8,10H2,1-4H3/q+1. The fraction of sp³-hybridized carbons (Fsp3) is 0.615. The Morgan fingerprint density at radius 3 is 2.38 bits per heavy atom. The van der Waals surface area contributed by atoms with E-state index < -0.39 is 0 Å². The molecule has 0 aliphatic carbocycles. The highest BCUT2D eigenvalue weighted by Crippen LogP contribution is 2.03. The molecule has 3 nitrogen and oxygen atoms in total. The Balaban J connectivity index is 2.34. The van der Waals surface area contributed by atoms with Crippen LogP contribution in [0.5, 0.6) is 0 Å². The van der Waals surface area contributed by atoms with Crippen molar-refractivity contribution in [2.75, 3.05) is 6.61 Å². The van der Waals surface area contributed by atoms with Crippen LogP contribution in [0.15, 0.2) is 24.4 Å². The molecule has 16 heavy (non-hydrogen) atoms. The summed E-state index contributed by atoms with van der Waals surface area (Å²) in [6, 6.07) is 6.77. The van der Waals surface area contributed by atoms with E-state index in [1.54, 1.807) is 0 Å². The van der Waals surface area contributed by atoms with Crippen LogP contribution < -0.4 is 5.06 Å². The normalized spacial score (nSPS) is 11.7. The highest BCUT2D eigenvalue weighted by Gasteiger charge is 2.25. The summed E-state index contributed by atoms with van der Waals surface area (Å²) in [5.41, 5.74) is 1.08. The average Bonchev–Trinajstić information content (AvgIpc) is 2.24. The van der Waals surface area contributed by atoms with Crippen molar-refractivity contribution in [2.24, 2.45) is 0 Å². The second-order valence-corrected chi connectivity index (χ2v) is 4.45. The van der Waals surface area contributed by atoms with Gasteiger partial charge >= 0.3 is 0 Å². The zero-order valence-electron chi connectivity index (χ0n) is 10.7. The van der Waals surface area contributed by atoms with Gasteiger partial charge in [0.1, 0.15) is 6.61 Å². The number of hydrogen-bond donors (Lipinski definition) is 0. The molecular formula is C13H22N2O+. The Hall–Kier alpha value is -0.930. The molecule has 0 unspecified atom stereocenters. The van der Waals surface area contributed by atoms with Crippen LogP contribution in [0.3, 0.4) is 0 Å². The van der Waals surface area contributed by atoms with Crippen LogP contribution in [0.1, 0.15) is 33.4 Å². The highest BCUT2D eigenvalue weighted by atomic mass is 16.7. The first-order valence-electron chi connectivity index (χ1n) is 5.92. The summed E-state index contributed by atoms with van der Waals surface area (Å²) in [7, 11) is 0. The van der Waals surface area contributed by atoms with Gasteiger partial charge < -0.3 is 0 Å². The molecule has 0 atom stereocenters. The van der Waals surface area contributed by atoms with Gasteiger partial charge in [0.15, 0.2) is 12.1 Å². The van der Waals surface area contributed by atoms with Gasteiger partial charge in [-0.3, -0.25) is 4.98 Å². The minimum absolute atomic E-state index is 0.406. The fourth-order valence-corrected chi connectivity index (χ4v) is 1.70. The maximum Gasteiger partial charge on any atom is 0.164 e. The minimum atomic E-state index is 0.406. The van der Waals surface area contributed by atoms with Gasteiger partial charge in [-0.05, 0) is 44.9 Å². The number of pyridine rings is 1. The Morgan fingerprint density at radius 2 is 1.88 bits per heavy atom. The molecule has 1 rings (SSSR count). The Labute approximate surface area is 98.4 Å². The second kappa shape index (κ2) is 6.61. The monoisotopic (exact) mass is 222 g/mol. The van der Waals surface area contributed by atoms with E-state index in [1.165, 1.54) is 0 Å². The molecule has 0 bridgehead atoms. The van der Waals surface area contributed by atoms with Crippen molar-refractivity contribution >= 4 is 0 Å². The molecule has 89 valence electrons. The molecule has 0 aliphatic heterocycles. The summed E-state index contributed by atoms with van der Waals surface area (Å²) in [4.78, 5) is 10.0. The lowest BCUT2D eigenvalue weighted by atomic mass is 10.3. The van der Waals surface area contributed by atoms with E-state index in [4.69, 9.17) is 4.84 Å². The van der Waals surface area contributed by atoms with Crippen LogP contribution >= 0.6 is 0 Å². The van der Waals surface area contributed by atoms with Crippen molar-refractivity contribution in [1.29, 1.82) is 0 Å². The lowest BCUT2D eigenvalue weighted by Gasteiger charge is -2.16. The van der Waals surface area contributed by atoms with Crippen LogP contribution in [0, 0.1) is 0 Å². The van der Waals surface area contributed by atoms with Gasteiger partial charge in [-0.25, -0.2) is 0 Å². The lowest BCUT2D eigenvalue weighted by molar-refractivity contribution is -0.108. The molecule has 0 aromatic carbocycles. The van der Waals surface area contributed by atoms with Crippen molar-refractivity contribution in [3.8, 4) is 0 Å². The molecule has 0 spiro atoms. The SMILES string of the molecule is CC(C)[N+](OCCc1ccccn1)C(C)C. The molecule has 0 saturated carbocycles. The van der Waals surface area contributed by atoms with Crippen LogP contribution in [-0.2, 0) is 11.3 Å². The van der Waals surface area contributed by atoms with Crippen LogP contribution in [0.25, 0.3) is 0 Å². The van der Waals surface area contributed by atoms with Gasteiger partial charge in [-0.1, -0.05) is 6.07 Å². The molecule has 0 amide bonds. The quantitative estimate of drug-likeness (QED) is 0.546. The molecule has 0 N–H and O–H groups in total. The van der Waals surface area contributed by atoms with E-state index in [2.05, 4.69) is 32.7 Å². The fourth-order valence-electron chi connectivity index (χ4n) is 1.70. The van der Waals surface area contributed by atoms with E-state index in [1.807, 2.05) is 29.5 Å². The maximum absolute atomic E-state index is 5.76. The van der Waals surface area contributed by atoms with Crippen molar-refractivity contribution < 1.29 is 4.84 Å². The number of aromatic nitrogens is 1. The highest BCUT2D eigenvalue weighted by molar-refractivity contribution is 5.03. The first-order chi connectivity index (χ1) is 7.61. The molecule has 1 heterocycles. The van der Waals surface area contributed by atoms with Crippen LogP contribution in [0.4, 0.5) is 0 Å². The van der Waals surface area contributed by atoms with Gasteiger partial charge in [0.25, 0.3) is 0 Å². The van der Waals surface area contributed by atoms with E-state index in [9.17, 15) is 0 Å². The van der Waals surface area contributed by atoms with Crippen molar-refractivity contribution in [1.82, 2.24) is 10.0 Å². The number of nitrogens with zero attached hydrogens (tertiary/aromatic N) is 2. The van der Waals surface area contributed by atoms with E-state index >= 15 is 0 Å². The Morgan fingerprint density at radius 1 is 1.19 bits per heavy atom. The van der Waals surface area contributed by atoms with Crippen molar-refractivity contribution in [2.45, 2.75) is 46.2 Å². The third-order valence-electron chi connectivity index (χ3n) is 2.34. The molecule has 1 radical (unpaired) electrons. The molecule has 3 heteroatoms. The van der Waals surface area contributed by atoms with Gasteiger partial charge in [0.05, 0.1) is 0 Å². The zero-order valence-corrected chi connectivity index (χ0v) is 10.7. The number of rotatable bonds is 6. The Kier molecular flexibility index (Phi) is 5.43. The summed E-state index contributed by atoms with van der Waals surface area (Å²) in [5, 5.41) is 2.03. The largest absolute Gasteiger partial charge is 0.261 e.